The van der Waals surface area contributed by atoms with Crippen LogP contribution in [0, 0.1) is 0 Å². The highest BCUT2D eigenvalue weighted by Crippen LogP contribution is 2.25. The van der Waals surface area contributed by atoms with Gasteiger partial charge in [0.15, 0.2) is 0 Å². The van der Waals surface area contributed by atoms with Crippen LogP contribution in [-0.4, -0.2) is 22.8 Å². The molecule has 0 N–H and O–H groups in total. The van der Waals surface area contributed by atoms with Crippen molar-refractivity contribution in [2.75, 3.05) is 0 Å². The third-order valence-corrected chi connectivity index (χ3v) is 4.52. The first-order chi connectivity index (χ1) is 10.1. The van der Waals surface area contributed by atoms with Crippen LogP contribution in [0.25, 0.3) is 0 Å². The number of fused-ring (bicyclic) bond motifs is 1. The van der Waals surface area contributed by atoms with E-state index in [0.717, 1.165) is 8.66 Å². The molecule has 21 heavy (non-hydrogen) atoms. The van der Waals surface area contributed by atoms with Crippen molar-refractivity contribution in [1.82, 2.24) is 5.06 Å². The van der Waals surface area contributed by atoms with E-state index in [1.54, 1.807) is 18.2 Å². The number of rotatable bonds is 3. The number of hydrogen-bond donors (Lipinski definition) is 0. The summed E-state index contributed by atoms with van der Waals surface area (Å²) >= 11 is 4.69. The molecule has 1 aliphatic rings. The molecule has 1 aromatic carbocycles. The predicted molar refractivity (Wildman–Crippen MR) is 78.8 cm³/mol. The Kier molecular flexibility index (Phi) is 3.60. The fourth-order valence-corrected chi connectivity index (χ4v) is 3.44. The minimum Gasteiger partial charge on any atom is -0.329 e. The molecule has 2 amide bonds. The summed E-state index contributed by atoms with van der Waals surface area (Å²) in [7, 11) is 0. The maximum atomic E-state index is 12.0. The maximum absolute atomic E-state index is 12.0. The summed E-state index contributed by atoms with van der Waals surface area (Å²) in [6.45, 7) is 0. The molecule has 0 saturated heterocycles. The number of halogens is 1. The summed E-state index contributed by atoms with van der Waals surface area (Å²) in [6.07, 6.45) is 0.00364. The molecule has 106 valence electrons. The molecule has 0 radical (unpaired) electrons. The fraction of sp³-hybridized carbons (Fsp3) is 0.0714. The smallest absolute Gasteiger partial charge is 0.329 e. The highest BCUT2D eigenvalue weighted by atomic mass is 79.9. The molecular formula is C14H8BrNO4S. The third-order valence-electron chi connectivity index (χ3n) is 2.90. The first-order valence-corrected chi connectivity index (χ1v) is 7.60. The molecule has 0 spiro atoms. The van der Waals surface area contributed by atoms with Crippen molar-refractivity contribution in [3.8, 4) is 0 Å². The lowest BCUT2D eigenvalue weighted by Gasteiger charge is -2.12. The largest absolute Gasteiger partial charge is 0.338 e. The first-order valence-electron chi connectivity index (χ1n) is 5.99. The van der Waals surface area contributed by atoms with Crippen molar-refractivity contribution in [1.29, 1.82) is 0 Å². The van der Waals surface area contributed by atoms with Gasteiger partial charge in [0.2, 0.25) is 0 Å². The molecule has 0 atom stereocenters. The second-order valence-electron chi connectivity index (χ2n) is 4.30. The number of thiophene rings is 1. The Bertz CT molecular complexity index is 720. The van der Waals surface area contributed by atoms with Gasteiger partial charge in [-0.1, -0.05) is 17.2 Å². The summed E-state index contributed by atoms with van der Waals surface area (Å²) in [4.78, 5) is 41.6. The van der Waals surface area contributed by atoms with Crippen molar-refractivity contribution >= 4 is 45.1 Å². The average Bonchev–Trinajstić information content (AvgIpc) is 2.97. The minimum atomic E-state index is -0.654. The van der Waals surface area contributed by atoms with E-state index in [-0.39, 0.29) is 17.5 Å². The van der Waals surface area contributed by atoms with Gasteiger partial charge in [-0.2, -0.15) is 0 Å². The lowest BCUT2D eigenvalue weighted by molar-refractivity contribution is -0.167. The van der Waals surface area contributed by atoms with E-state index in [1.807, 2.05) is 6.07 Å². The number of hydrogen-bond acceptors (Lipinski definition) is 5. The molecular weight excluding hydrogens is 358 g/mol. The Balaban J connectivity index is 1.73. The highest BCUT2D eigenvalue weighted by Gasteiger charge is 2.38. The molecule has 7 heteroatoms. The first kappa shape index (κ1) is 14.0. The summed E-state index contributed by atoms with van der Waals surface area (Å²) in [5.41, 5.74) is 0.489. The number of imide groups is 1. The molecule has 0 unspecified atom stereocenters. The summed E-state index contributed by atoms with van der Waals surface area (Å²) in [5.74, 6) is -1.88. The Morgan fingerprint density at radius 1 is 1.10 bits per heavy atom. The van der Waals surface area contributed by atoms with E-state index in [9.17, 15) is 14.4 Å². The Hall–Kier alpha value is -1.99. The van der Waals surface area contributed by atoms with Crippen molar-refractivity contribution in [2.45, 2.75) is 6.42 Å². The summed E-state index contributed by atoms with van der Waals surface area (Å²) in [5, 5.41) is 0.523. The van der Waals surface area contributed by atoms with Gasteiger partial charge in [-0.05, 0) is 40.2 Å². The fourth-order valence-electron chi connectivity index (χ4n) is 1.97. The minimum absolute atomic E-state index is 0.00364. The monoisotopic (exact) mass is 365 g/mol. The van der Waals surface area contributed by atoms with Crippen molar-refractivity contribution in [3.63, 3.8) is 0 Å². The Morgan fingerprint density at radius 3 is 2.24 bits per heavy atom. The van der Waals surface area contributed by atoms with Crippen LogP contribution in [-0.2, 0) is 16.1 Å². The van der Waals surface area contributed by atoms with Crippen LogP contribution in [0.3, 0.4) is 0 Å². The van der Waals surface area contributed by atoms with Crippen molar-refractivity contribution in [3.05, 3.63) is 56.2 Å². The maximum Gasteiger partial charge on any atom is 0.338 e. The summed E-state index contributed by atoms with van der Waals surface area (Å²) in [6, 6.07) is 9.95. The molecule has 1 aliphatic heterocycles. The molecule has 5 nitrogen and oxygen atoms in total. The molecule has 2 heterocycles. The third kappa shape index (κ3) is 2.62. The second-order valence-corrected chi connectivity index (χ2v) is 6.84. The van der Waals surface area contributed by atoms with E-state index in [2.05, 4.69) is 15.9 Å². The number of nitrogens with zero attached hydrogens (tertiary/aromatic N) is 1. The molecule has 3 rings (SSSR count). The Labute approximate surface area is 132 Å². The Morgan fingerprint density at radius 2 is 1.71 bits per heavy atom. The van der Waals surface area contributed by atoms with E-state index in [4.69, 9.17) is 4.84 Å². The van der Waals surface area contributed by atoms with E-state index in [1.165, 1.54) is 23.5 Å². The second kappa shape index (κ2) is 5.42. The predicted octanol–water partition coefficient (Wildman–Crippen LogP) is 2.81. The van der Waals surface area contributed by atoms with Crippen LogP contribution in [0.15, 0.2) is 40.2 Å². The van der Waals surface area contributed by atoms with Crippen LogP contribution >= 0.6 is 27.3 Å². The topological polar surface area (TPSA) is 63.7 Å². The van der Waals surface area contributed by atoms with Crippen LogP contribution < -0.4 is 0 Å². The standard InChI is InChI=1S/C14H8BrNO4S/c15-11-6-5-8(21-11)7-12(17)20-16-13(18)9-3-1-2-4-10(9)14(16)19/h1-6H,7H2. The van der Waals surface area contributed by atoms with Gasteiger partial charge in [-0.15, -0.1) is 11.3 Å². The quantitative estimate of drug-likeness (QED) is 0.784. The zero-order valence-electron chi connectivity index (χ0n) is 10.5. The summed E-state index contributed by atoms with van der Waals surface area (Å²) < 4.78 is 0.894. The number of carbonyl (C=O) groups is 3. The molecule has 1 aromatic heterocycles. The van der Waals surface area contributed by atoms with Crippen LogP contribution in [0.4, 0.5) is 0 Å². The zero-order chi connectivity index (χ0) is 15.0. The van der Waals surface area contributed by atoms with Crippen molar-refractivity contribution < 1.29 is 19.2 Å². The van der Waals surface area contributed by atoms with E-state index >= 15 is 0 Å². The van der Waals surface area contributed by atoms with Gasteiger partial charge in [-0.25, -0.2) is 4.79 Å². The van der Waals surface area contributed by atoms with Gasteiger partial charge in [-0.3, -0.25) is 9.59 Å². The van der Waals surface area contributed by atoms with Gasteiger partial charge in [0.05, 0.1) is 21.3 Å². The van der Waals surface area contributed by atoms with Crippen LogP contribution in [0.2, 0.25) is 0 Å². The van der Waals surface area contributed by atoms with Gasteiger partial charge in [0.1, 0.15) is 0 Å². The average molecular weight is 366 g/mol. The number of benzene rings is 1. The number of hydroxylamine groups is 2. The highest BCUT2D eigenvalue weighted by molar-refractivity contribution is 9.11. The van der Waals surface area contributed by atoms with Crippen molar-refractivity contribution in [2.24, 2.45) is 0 Å². The van der Waals surface area contributed by atoms with Crippen LogP contribution in [0.5, 0.6) is 0 Å². The molecule has 0 fully saturated rings. The SMILES string of the molecule is O=C(Cc1ccc(Br)s1)ON1C(=O)c2ccccc2C1=O. The molecule has 0 bridgehead atoms. The number of amides is 2. The zero-order valence-corrected chi connectivity index (χ0v) is 12.9. The van der Waals surface area contributed by atoms with Crippen LogP contribution in [0.1, 0.15) is 25.6 Å². The molecule has 0 aliphatic carbocycles. The normalized spacial score (nSPS) is 13.5. The van der Waals surface area contributed by atoms with E-state index in [0.29, 0.717) is 5.06 Å². The number of carbonyl (C=O) groups excluding carboxylic acids is 3. The van der Waals surface area contributed by atoms with Gasteiger partial charge in [0, 0.05) is 4.88 Å². The van der Waals surface area contributed by atoms with Gasteiger partial charge < -0.3 is 4.84 Å². The van der Waals surface area contributed by atoms with Gasteiger partial charge in [0.25, 0.3) is 11.8 Å². The lowest BCUT2D eigenvalue weighted by atomic mass is 10.1. The van der Waals surface area contributed by atoms with E-state index < -0.39 is 17.8 Å². The lowest BCUT2D eigenvalue weighted by Crippen LogP contribution is -2.33. The molecule has 2 aromatic rings. The molecule has 0 saturated carbocycles. The van der Waals surface area contributed by atoms with Gasteiger partial charge >= 0.3 is 5.97 Å².